The minimum Gasteiger partial charge on any atom is -0.467 e. The fourth-order valence-corrected chi connectivity index (χ4v) is 2.35. The van der Waals surface area contributed by atoms with Gasteiger partial charge in [-0.1, -0.05) is 29.8 Å². The number of rotatable bonds is 6. The molecule has 5 nitrogen and oxygen atoms in total. The van der Waals surface area contributed by atoms with Gasteiger partial charge >= 0.3 is 0 Å². The molecule has 0 saturated heterocycles. The highest BCUT2D eigenvalue weighted by Crippen LogP contribution is 2.17. The fraction of sp³-hybridized carbons (Fsp3) is 0.176. The first-order valence-electron chi connectivity index (χ1n) is 7.30. The Bertz CT molecular complexity index is 774. The molecule has 1 aromatic carbocycles. The van der Waals surface area contributed by atoms with Crippen molar-refractivity contribution in [1.29, 1.82) is 0 Å². The number of hydrogen-bond donors (Lipinski definition) is 2. The van der Waals surface area contributed by atoms with Crippen molar-refractivity contribution in [3.8, 4) is 0 Å². The molecule has 2 N–H and O–H groups in total. The molecule has 0 bridgehead atoms. The third-order valence-electron chi connectivity index (χ3n) is 3.27. The average molecular weight is 329 g/mol. The van der Waals surface area contributed by atoms with Crippen LogP contribution in [0.5, 0.6) is 0 Å². The van der Waals surface area contributed by atoms with E-state index < -0.39 is 0 Å². The van der Waals surface area contributed by atoms with E-state index in [1.165, 1.54) is 0 Å². The summed E-state index contributed by atoms with van der Waals surface area (Å²) in [6, 6.07) is 13.4. The Hall–Kier alpha value is -2.53. The summed E-state index contributed by atoms with van der Waals surface area (Å²) in [6.07, 6.45) is 1.65. The number of halogens is 1. The standard InChI is InChI=1S/C17H17ClN4O/c1-12-9-16(19-11-14-6-4-8-23-14)22-17(21-12)20-10-13-5-2-3-7-15(13)18/h2-9H,10-11H2,1H3,(H2,19,20,21,22). The lowest BCUT2D eigenvalue weighted by Gasteiger charge is -2.10. The first kappa shape index (κ1) is 15.4. The summed E-state index contributed by atoms with van der Waals surface area (Å²) in [5, 5.41) is 7.16. The molecule has 0 fully saturated rings. The van der Waals surface area contributed by atoms with E-state index in [0.29, 0.717) is 19.0 Å². The van der Waals surface area contributed by atoms with Crippen LogP contribution in [0.25, 0.3) is 0 Å². The van der Waals surface area contributed by atoms with E-state index >= 15 is 0 Å². The molecule has 3 aromatic rings. The maximum Gasteiger partial charge on any atom is 0.225 e. The largest absolute Gasteiger partial charge is 0.467 e. The molecule has 2 heterocycles. The molecule has 0 amide bonds. The molecule has 0 spiro atoms. The normalized spacial score (nSPS) is 10.5. The molecule has 0 saturated carbocycles. The van der Waals surface area contributed by atoms with E-state index in [2.05, 4.69) is 20.6 Å². The van der Waals surface area contributed by atoms with Crippen LogP contribution < -0.4 is 10.6 Å². The van der Waals surface area contributed by atoms with Crippen molar-refractivity contribution in [2.24, 2.45) is 0 Å². The van der Waals surface area contributed by atoms with Crippen molar-refractivity contribution in [2.45, 2.75) is 20.0 Å². The van der Waals surface area contributed by atoms with Crippen LogP contribution in [0.3, 0.4) is 0 Å². The van der Waals surface area contributed by atoms with Gasteiger partial charge in [-0.3, -0.25) is 0 Å². The second-order valence-corrected chi connectivity index (χ2v) is 5.50. The number of aryl methyl sites for hydroxylation is 1. The third kappa shape index (κ3) is 4.23. The molecular formula is C17H17ClN4O. The van der Waals surface area contributed by atoms with Gasteiger partial charge in [0.2, 0.25) is 5.95 Å². The Morgan fingerprint density at radius 1 is 1.04 bits per heavy atom. The maximum atomic E-state index is 6.16. The molecule has 23 heavy (non-hydrogen) atoms. The lowest BCUT2D eigenvalue weighted by Crippen LogP contribution is -2.08. The van der Waals surface area contributed by atoms with E-state index in [1.54, 1.807) is 6.26 Å². The highest BCUT2D eigenvalue weighted by atomic mass is 35.5. The Labute approximate surface area is 139 Å². The van der Waals surface area contributed by atoms with Crippen LogP contribution in [0.4, 0.5) is 11.8 Å². The van der Waals surface area contributed by atoms with Gasteiger partial charge < -0.3 is 15.1 Å². The van der Waals surface area contributed by atoms with Gasteiger partial charge in [0.25, 0.3) is 0 Å². The third-order valence-corrected chi connectivity index (χ3v) is 3.64. The van der Waals surface area contributed by atoms with Crippen molar-refractivity contribution in [3.63, 3.8) is 0 Å². The molecule has 6 heteroatoms. The summed E-state index contributed by atoms with van der Waals surface area (Å²) in [4.78, 5) is 8.85. The molecular weight excluding hydrogens is 312 g/mol. The number of nitrogens with zero attached hydrogens (tertiary/aromatic N) is 2. The Morgan fingerprint density at radius 3 is 2.70 bits per heavy atom. The van der Waals surface area contributed by atoms with Crippen molar-refractivity contribution >= 4 is 23.4 Å². The lowest BCUT2D eigenvalue weighted by molar-refractivity contribution is 0.518. The summed E-state index contributed by atoms with van der Waals surface area (Å²) in [7, 11) is 0. The molecule has 0 unspecified atom stereocenters. The van der Waals surface area contributed by atoms with E-state index in [9.17, 15) is 0 Å². The highest BCUT2D eigenvalue weighted by molar-refractivity contribution is 6.31. The van der Waals surface area contributed by atoms with Crippen LogP contribution in [-0.2, 0) is 13.1 Å². The number of furan rings is 1. The van der Waals surface area contributed by atoms with Crippen LogP contribution in [0.15, 0.2) is 53.1 Å². The Morgan fingerprint density at radius 2 is 1.91 bits per heavy atom. The number of hydrogen-bond acceptors (Lipinski definition) is 5. The van der Waals surface area contributed by atoms with Gasteiger partial charge in [-0.05, 0) is 30.7 Å². The SMILES string of the molecule is Cc1cc(NCc2ccco2)nc(NCc2ccccc2Cl)n1. The summed E-state index contributed by atoms with van der Waals surface area (Å²) >= 11 is 6.16. The molecule has 0 atom stereocenters. The molecule has 2 aromatic heterocycles. The zero-order valence-corrected chi connectivity index (χ0v) is 13.5. The number of nitrogens with one attached hydrogen (secondary N) is 2. The van der Waals surface area contributed by atoms with Crippen LogP contribution in [0, 0.1) is 6.92 Å². The van der Waals surface area contributed by atoms with E-state index in [4.69, 9.17) is 16.0 Å². The van der Waals surface area contributed by atoms with E-state index in [0.717, 1.165) is 27.9 Å². The van der Waals surface area contributed by atoms with Crippen LogP contribution in [0.2, 0.25) is 5.02 Å². The molecule has 0 aliphatic rings. The molecule has 0 aliphatic heterocycles. The average Bonchev–Trinajstić information content (AvgIpc) is 3.05. The van der Waals surface area contributed by atoms with E-state index in [1.807, 2.05) is 49.4 Å². The van der Waals surface area contributed by atoms with Gasteiger partial charge in [0.05, 0.1) is 12.8 Å². The van der Waals surface area contributed by atoms with Gasteiger partial charge in [0.15, 0.2) is 0 Å². The molecule has 3 rings (SSSR count). The number of aromatic nitrogens is 2. The predicted molar refractivity (Wildman–Crippen MR) is 91.6 cm³/mol. The number of benzene rings is 1. The summed E-state index contributed by atoms with van der Waals surface area (Å²) in [5.41, 5.74) is 1.88. The summed E-state index contributed by atoms with van der Waals surface area (Å²) in [6.45, 7) is 3.08. The van der Waals surface area contributed by atoms with E-state index in [-0.39, 0.29) is 0 Å². The monoisotopic (exact) mass is 328 g/mol. The van der Waals surface area contributed by atoms with Crippen molar-refractivity contribution < 1.29 is 4.42 Å². The van der Waals surface area contributed by atoms with Gasteiger partial charge in [0, 0.05) is 23.3 Å². The second-order valence-electron chi connectivity index (χ2n) is 5.10. The van der Waals surface area contributed by atoms with Crippen LogP contribution in [0.1, 0.15) is 17.0 Å². The van der Waals surface area contributed by atoms with Gasteiger partial charge in [-0.25, -0.2) is 4.98 Å². The Kier molecular flexibility index (Phi) is 4.78. The van der Waals surface area contributed by atoms with Crippen LogP contribution in [-0.4, -0.2) is 9.97 Å². The minimum atomic E-state index is 0.562. The zero-order chi connectivity index (χ0) is 16.1. The molecule has 0 radical (unpaired) electrons. The van der Waals surface area contributed by atoms with Gasteiger partial charge in [-0.15, -0.1) is 0 Å². The van der Waals surface area contributed by atoms with Crippen molar-refractivity contribution in [2.75, 3.05) is 10.6 Å². The fourth-order valence-electron chi connectivity index (χ4n) is 2.15. The van der Waals surface area contributed by atoms with Crippen molar-refractivity contribution in [3.05, 3.63) is 70.8 Å². The topological polar surface area (TPSA) is 63.0 Å². The zero-order valence-electron chi connectivity index (χ0n) is 12.7. The molecule has 0 aliphatic carbocycles. The quantitative estimate of drug-likeness (QED) is 0.708. The smallest absolute Gasteiger partial charge is 0.225 e. The van der Waals surface area contributed by atoms with Gasteiger partial charge in [-0.2, -0.15) is 4.98 Å². The minimum absolute atomic E-state index is 0.562. The second kappa shape index (κ2) is 7.15. The lowest BCUT2D eigenvalue weighted by atomic mass is 10.2. The maximum absolute atomic E-state index is 6.16. The predicted octanol–water partition coefficient (Wildman–Crippen LogP) is 4.26. The van der Waals surface area contributed by atoms with Crippen molar-refractivity contribution in [1.82, 2.24) is 9.97 Å². The first-order valence-corrected chi connectivity index (χ1v) is 7.68. The van der Waals surface area contributed by atoms with Crippen LogP contribution >= 0.6 is 11.6 Å². The number of anilines is 2. The highest BCUT2D eigenvalue weighted by Gasteiger charge is 2.04. The Balaban J connectivity index is 1.66. The van der Waals surface area contributed by atoms with Gasteiger partial charge in [0.1, 0.15) is 11.6 Å². The summed E-state index contributed by atoms with van der Waals surface area (Å²) in [5.74, 6) is 2.16. The molecule has 118 valence electrons. The first-order chi connectivity index (χ1) is 11.2. The summed E-state index contributed by atoms with van der Waals surface area (Å²) < 4.78 is 5.30.